The van der Waals surface area contributed by atoms with Crippen molar-refractivity contribution < 1.29 is 19.0 Å². The average Bonchev–Trinajstić information content (AvgIpc) is 3.45. The molecule has 33 heavy (non-hydrogen) atoms. The first kappa shape index (κ1) is 22.8. The number of ether oxygens (including phenoxy) is 3. The Bertz CT molecular complexity index is 1410. The van der Waals surface area contributed by atoms with Gasteiger partial charge in [-0.2, -0.15) is 0 Å². The first-order valence-corrected chi connectivity index (χ1v) is 11.7. The number of thiophene rings is 1. The van der Waals surface area contributed by atoms with Gasteiger partial charge >= 0.3 is 5.97 Å². The van der Waals surface area contributed by atoms with Gasteiger partial charge in [0.15, 0.2) is 4.80 Å². The summed E-state index contributed by atoms with van der Waals surface area (Å²) in [7, 11) is 3.15. The van der Waals surface area contributed by atoms with Crippen LogP contribution < -0.4 is 24.4 Å². The number of methoxy groups -OCH3 is 2. The van der Waals surface area contributed by atoms with Gasteiger partial charge < -0.3 is 14.2 Å². The van der Waals surface area contributed by atoms with Gasteiger partial charge in [0.1, 0.15) is 24.1 Å². The standard InChI is InChI=1S/C24H22N2O5S2/c1-5-10-31-23(28)20-14(2)25-24-26(21(20)18-7-6-11-32-18)22(27)19(33-24)13-15-12-16(29-3)8-9-17(15)30-4/h5-9,11-13,21H,1,10H2,2-4H3/b19-13-. The van der Waals surface area contributed by atoms with E-state index in [1.54, 1.807) is 50.0 Å². The third-order valence-corrected chi connectivity index (χ3v) is 7.02. The van der Waals surface area contributed by atoms with Gasteiger partial charge in [-0.15, -0.1) is 11.3 Å². The van der Waals surface area contributed by atoms with Crippen LogP contribution in [-0.4, -0.2) is 31.4 Å². The molecule has 0 N–H and O–H groups in total. The molecule has 0 saturated carbocycles. The van der Waals surface area contributed by atoms with Crippen molar-refractivity contribution in [3.8, 4) is 11.5 Å². The van der Waals surface area contributed by atoms with Crippen molar-refractivity contribution >= 4 is 34.7 Å². The molecule has 1 atom stereocenters. The molecule has 0 radical (unpaired) electrons. The molecule has 1 aliphatic rings. The minimum absolute atomic E-state index is 0.0762. The van der Waals surface area contributed by atoms with Gasteiger partial charge in [-0.3, -0.25) is 9.36 Å². The molecule has 1 aliphatic heterocycles. The molecule has 3 aromatic rings. The van der Waals surface area contributed by atoms with Crippen LogP contribution in [0.5, 0.6) is 11.5 Å². The fourth-order valence-corrected chi connectivity index (χ4v) is 5.47. The number of hydrogen-bond donors (Lipinski definition) is 0. The topological polar surface area (TPSA) is 79.1 Å². The van der Waals surface area contributed by atoms with Gasteiger partial charge in [-0.1, -0.05) is 30.1 Å². The summed E-state index contributed by atoms with van der Waals surface area (Å²) in [6, 6.07) is 8.55. The fourth-order valence-electron chi connectivity index (χ4n) is 3.60. The minimum Gasteiger partial charge on any atom is -0.497 e. The highest BCUT2D eigenvalue weighted by atomic mass is 32.1. The number of allylic oxidation sites excluding steroid dienone is 1. The number of carbonyl (C=O) groups is 1. The summed E-state index contributed by atoms with van der Waals surface area (Å²) in [4.78, 5) is 32.4. The van der Waals surface area contributed by atoms with Crippen molar-refractivity contribution in [3.63, 3.8) is 0 Å². The number of aromatic nitrogens is 1. The van der Waals surface area contributed by atoms with E-state index in [4.69, 9.17) is 14.2 Å². The maximum Gasteiger partial charge on any atom is 0.338 e. The van der Waals surface area contributed by atoms with Crippen molar-refractivity contribution in [3.05, 3.63) is 89.8 Å². The first-order chi connectivity index (χ1) is 16.0. The van der Waals surface area contributed by atoms with E-state index in [0.717, 1.165) is 4.88 Å². The van der Waals surface area contributed by atoms with Gasteiger partial charge in [0.25, 0.3) is 5.56 Å². The number of carbonyl (C=O) groups excluding carboxylic acids is 1. The van der Waals surface area contributed by atoms with Crippen molar-refractivity contribution in [2.24, 2.45) is 4.99 Å². The van der Waals surface area contributed by atoms with Crippen LogP contribution in [-0.2, 0) is 9.53 Å². The fraction of sp³-hybridized carbons (Fsp3) is 0.208. The van der Waals surface area contributed by atoms with Crippen LogP contribution >= 0.6 is 22.7 Å². The summed E-state index contributed by atoms with van der Waals surface area (Å²) in [5, 5.41) is 1.91. The third kappa shape index (κ3) is 4.29. The number of hydrogen-bond acceptors (Lipinski definition) is 8. The number of benzene rings is 1. The van der Waals surface area contributed by atoms with Crippen LogP contribution in [0.25, 0.3) is 6.08 Å². The Morgan fingerprint density at radius 1 is 1.27 bits per heavy atom. The summed E-state index contributed by atoms with van der Waals surface area (Å²) in [6.07, 6.45) is 3.26. The second-order valence-electron chi connectivity index (χ2n) is 7.09. The molecule has 0 fully saturated rings. The number of rotatable bonds is 7. The lowest BCUT2D eigenvalue weighted by Gasteiger charge is -2.23. The van der Waals surface area contributed by atoms with Crippen LogP contribution in [0, 0.1) is 0 Å². The van der Waals surface area contributed by atoms with Crippen LogP contribution in [0.4, 0.5) is 0 Å². The van der Waals surface area contributed by atoms with Crippen molar-refractivity contribution in [1.82, 2.24) is 4.57 Å². The lowest BCUT2D eigenvalue weighted by molar-refractivity contribution is -0.138. The van der Waals surface area contributed by atoms with E-state index in [1.165, 1.54) is 28.7 Å². The summed E-state index contributed by atoms with van der Waals surface area (Å²) in [6.45, 7) is 5.43. The quantitative estimate of drug-likeness (QED) is 0.382. The Labute approximate surface area is 198 Å². The zero-order chi connectivity index (χ0) is 23.5. The molecule has 0 aliphatic carbocycles. The Balaban J connectivity index is 1.92. The predicted molar refractivity (Wildman–Crippen MR) is 129 cm³/mol. The summed E-state index contributed by atoms with van der Waals surface area (Å²) >= 11 is 2.73. The lowest BCUT2D eigenvalue weighted by Crippen LogP contribution is -2.39. The predicted octanol–water partition coefficient (Wildman–Crippen LogP) is 3.04. The van der Waals surface area contributed by atoms with Gasteiger partial charge in [0.05, 0.1) is 30.0 Å². The normalized spacial score (nSPS) is 15.6. The highest BCUT2D eigenvalue weighted by Gasteiger charge is 2.33. The molecule has 9 heteroatoms. The average molecular weight is 483 g/mol. The maximum atomic E-state index is 13.6. The van der Waals surface area contributed by atoms with E-state index in [-0.39, 0.29) is 12.2 Å². The highest BCUT2D eigenvalue weighted by Crippen LogP contribution is 2.33. The zero-order valence-corrected chi connectivity index (χ0v) is 20.0. The van der Waals surface area contributed by atoms with Crippen LogP contribution in [0.15, 0.2) is 69.4 Å². The molecule has 7 nitrogen and oxygen atoms in total. The molecule has 0 amide bonds. The molecule has 170 valence electrons. The van der Waals surface area contributed by atoms with Crippen molar-refractivity contribution in [1.29, 1.82) is 0 Å². The Kier molecular flexibility index (Phi) is 6.62. The SMILES string of the molecule is C=CCOC(=O)C1=C(C)N=c2s/c(=C\c3cc(OC)ccc3OC)c(=O)n2C1c1cccs1. The van der Waals surface area contributed by atoms with Crippen molar-refractivity contribution in [2.45, 2.75) is 13.0 Å². The van der Waals surface area contributed by atoms with E-state index in [9.17, 15) is 9.59 Å². The molecular weight excluding hydrogens is 460 g/mol. The largest absolute Gasteiger partial charge is 0.497 e. The second kappa shape index (κ2) is 9.60. The maximum absolute atomic E-state index is 13.6. The molecule has 1 aromatic carbocycles. The molecule has 2 aromatic heterocycles. The minimum atomic E-state index is -0.618. The summed E-state index contributed by atoms with van der Waals surface area (Å²) in [5.41, 5.74) is 1.33. The van der Waals surface area contributed by atoms with E-state index in [1.807, 2.05) is 17.5 Å². The number of nitrogens with zero attached hydrogens (tertiary/aromatic N) is 2. The van der Waals surface area contributed by atoms with E-state index < -0.39 is 12.0 Å². The third-order valence-electron chi connectivity index (χ3n) is 5.11. The Morgan fingerprint density at radius 2 is 2.09 bits per heavy atom. The number of fused-ring (bicyclic) bond motifs is 1. The Morgan fingerprint density at radius 3 is 2.76 bits per heavy atom. The van der Waals surface area contributed by atoms with Crippen LogP contribution in [0.3, 0.4) is 0 Å². The van der Waals surface area contributed by atoms with Gasteiger partial charge in [-0.05, 0) is 42.6 Å². The Hall–Kier alpha value is -3.43. The highest BCUT2D eigenvalue weighted by molar-refractivity contribution is 7.10. The first-order valence-electron chi connectivity index (χ1n) is 10.0. The second-order valence-corrected chi connectivity index (χ2v) is 9.08. The number of thiazole rings is 1. The molecule has 0 spiro atoms. The molecule has 4 rings (SSSR count). The monoisotopic (exact) mass is 482 g/mol. The summed E-state index contributed by atoms with van der Waals surface area (Å²) < 4.78 is 18.1. The smallest absolute Gasteiger partial charge is 0.338 e. The van der Waals surface area contributed by atoms with Gasteiger partial charge in [0, 0.05) is 10.4 Å². The summed E-state index contributed by atoms with van der Waals surface area (Å²) in [5.74, 6) is 0.744. The molecule has 0 saturated heterocycles. The van der Waals surface area contributed by atoms with E-state index in [0.29, 0.717) is 37.7 Å². The van der Waals surface area contributed by atoms with E-state index >= 15 is 0 Å². The van der Waals surface area contributed by atoms with Gasteiger partial charge in [-0.25, -0.2) is 9.79 Å². The van der Waals surface area contributed by atoms with Crippen molar-refractivity contribution in [2.75, 3.05) is 20.8 Å². The van der Waals surface area contributed by atoms with Crippen LogP contribution in [0.1, 0.15) is 23.4 Å². The number of esters is 1. The van der Waals surface area contributed by atoms with Gasteiger partial charge in [0.2, 0.25) is 0 Å². The molecular formula is C24H22N2O5S2. The van der Waals surface area contributed by atoms with Crippen LogP contribution in [0.2, 0.25) is 0 Å². The van der Waals surface area contributed by atoms with E-state index in [2.05, 4.69) is 11.6 Å². The molecule has 3 heterocycles. The lowest BCUT2D eigenvalue weighted by atomic mass is 10.0. The molecule has 1 unspecified atom stereocenters. The molecule has 0 bridgehead atoms. The zero-order valence-electron chi connectivity index (χ0n) is 18.4.